The van der Waals surface area contributed by atoms with Gasteiger partial charge in [-0.25, -0.2) is 0 Å². The van der Waals surface area contributed by atoms with Crippen molar-refractivity contribution >= 4 is 5.82 Å². The molecule has 1 saturated heterocycles. The Morgan fingerprint density at radius 3 is 2.87 bits per heavy atom. The maximum absolute atomic E-state index is 10.4. The second kappa shape index (κ2) is 4.26. The second-order valence-corrected chi connectivity index (χ2v) is 3.42. The molecule has 1 aliphatic heterocycles. The number of nitrogens with one attached hydrogen (secondary N) is 2. The minimum absolute atomic E-state index is 0.106. The zero-order valence-corrected chi connectivity index (χ0v) is 8.10. The van der Waals surface area contributed by atoms with Gasteiger partial charge in [0.25, 0.3) is 5.88 Å². The van der Waals surface area contributed by atoms with Crippen molar-refractivity contribution < 1.29 is 9.66 Å². The molecule has 1 fully saturated rings. The molecule has 0 atom stereocenters. The molecule has 1 aromatic heterocycles. The van der Waals surface area contributed by atoms with Gasteiger partial charge in [-0.15, -0.1) is 5.10 Å². The molecule has 15 heavy (non-hydrogen) atoms. The zero-order valence-electron chi connectivity index (χ0n) is 8.10. The SMILES string of the molecule is O=[N+]([O-])c1cc(OC2CCNCC2)n[nH]1. The number of nitrogens with zero attached hydrogens (tertiary/aromatic N) is 2. The highest BCUT2D eigenvalue weighted by atomic mass is 16.6. The van der Waals surface area contributed by atoms with Crippen LogP contribution < -0.4 is 10.1 Å². The third kappa shape index (κ3) is 2.44. The summed E-state index contributed by atoms with van der Waals surface area (Å²) in [4.78, 5) is 9.85. The van der Waals surface area contributed by atoms with Crippen LogP contribution in [0.25, 0.3) is 0 Å². The molecule has 0 aliphatic carbocycles. The first-order valence-corrected chi connectivity index (χ1v) is 4.83. The average Bonchev–Trinajstić information content (AvgIpc) is 2.68. The lowest BCUT2D eigenvalue weighted by Gasteiger charge is -2.21. The topological polar surface area (TPSA) is 93.1 Å². The number of aromatic nitrogens is 2. The van der Waals surface area contributed by atoms with E-state index >= 15 is 0 Å². The van der Waals surface area contributed by atoms with Gasteiger partial charge in [0.2, 0.25) is 0 Å². The van der Waals surface area contributed by atoms with Crippen LogP contribution in [0.1, 0.15) is 12.8 Å². The van der Waals surface area contributed by atoms with Crippen molar-refractivity contribution in [3.63, 3.8) is 0 Å². The van der Waals surface area contributed by atoms with Crippen LogP contribution in [0.15, 0.2) is 6.07 Å². The van der Waals surface area contributed by atoms with Crippen LogP contribution in [0.2, 0.25) is 0 Å². The highest BCUT2D eigenvalue weighted by Gasteiger charge is 2.18. The standard InChI is InChI=1S/C8H12N4O3/c13-12(14)7-5-8(11-10-7)15-6-1-3-9-4-2-6/h5-6,9H,1-4H2,(H,10,11). The molecular formula is C8H12N4O3. The van der Waals surface area contributed by atoms with Crippen LogP contribution >= 0.6 is 0 Å². The van der Waals surface area contributed by atoms with Crippen LogP contribution in [0.4, 0.5) is 5.82 Å². The van der Waals surface area contributed by atoms with E-state index in [2.05, 4.69) is 15.5 Å². The molecule has 2 N–H and O–H groups in total. The Balaban J connectivity index is 1.94. The van der Waals surface area contributed by atoms with Crippen LogP contribution in [-0.2, 0) is 0 Å². The number of piperidine rings is 1. The number of rotatable bonds is 3. The Labute approximate surface area is 86.0 Å². The van der Waals surface area contributed by atoms with E-state index in [0.29, 0.717) is 5.88 Å². The molecule has 7 nitrogen and oxygen atoms in total. The highest BCUT2D eigenvalue weighted by Crippen LogP contribution is 2.18. The van der Waals surface area contributed by atoms with E-state index in [0.717, 1.165) is 25.9 Å². The van der Waals surface area contributed by atoms with Gasteiger partial charge in [-0.05, 0) is 36.0 Å². The Bertz CT molecular complexity index is 345. The van der Waals surface area contributed by atoms with Crippen molar-refractivity contribution in [2.75, 3.05) is 13.1 Å². The monoisotopic (exact) mass is 212 g/mol. The Kier molecular flexibility index (Phi) is 2.82. The average molecular weight is 212 g/mol. The van der Waals surface area contributed by atoms with E-state index in [1.807, 2.05) is 0 Å². The number of H-pyrrole nitrogens is 1. The summed E-state index contributed by atoms with van der Waals surface area (Å²) in [5.41, 5.74) is 0. The smallest absolute Gasteiger partial charge is 0.346 e. The van der Waals surface area contributed by atoms with E-state index in [-0.39, 0.29) is 11.9 Å². The Hall–Kier alpha value is -1.63. The lowest BCUT2D eigenvalue weighted by Crippen LogP contribution is -2.34. The summed E-state index contributed by atoms with van der Waals surface area (Å²) >= 11 is 0. The van der Waals surface area contributed by atoms with Gasteiger partial charge in [-0.1, -0.05) is 0 Å². The molecule has 1 aliphatic rings. The fourth-order valence-corrected chi connectivity index (χ4v) is 1.53. The molecule has 2 heterocycles. The molecule has 0 saturated carbocycles. The number of hydrogen-bond acceptors (Lipinski definition) is 5. The lowest BCUT2D eigenvalue weighted by atomic mass is 10.1. The minimum atomic E-state index is -0.526. The van der Waals surface area contributed by atoms with Crippen molar-refractivity contribution in [2.45, 2.75) is 18.9 Å². The normalized spacial score (nSPS) is 17.6. The van der Waals surface area contributed by atoms with Crippen molar-refractivity contribution in [1.82, 2.24) is 15.5 Å². The molecule has 82 valence electrons. The molecule has 0 unspecified atom stereocenters. The molecule has 0 bridgehead atoms. The van der Waals surface area contributed by atoms with E-state index in [1.165, 1.54) is 6.07 Å². The van der Waals surface area contributed by atoms with Crippen molar-refractivity contribution in [2.24, 2.45) is 0 Å². The fraction of sp³-hybridized carbons (Fsp3) is 0.625. The van der Waals surface area contributed by atoms with Crippen LogP contribution in [0, 0.1) is 10.1 Å². The quantitative estimate of drug-likeness (QED) is 0.560. The Morgan fingerprint density at radius 2 is 2.27 bits per heavy atom. The predicted octanol–water partition coefficient (Wildman–Crippen LogP) is 0.449. The number of ether oxygens (including phenoxy) is 1. The fourth-order valence-electron chi connectivity index (χ4n) is 1.53. The summed E-state index contributed by atoms with van der Waals surface area (Å²) in [5.74, 6) is 0.160. The highest BCUT2D eigenvalue weighted by molar-refractivity contribution is 5.24. The van der Waals surface area contributed by atoms with Crippen LogP contribution in [0.3, 0.4) is 0 Å². The van der Waals surface area contributed by atoms with E-state index in [4.69, 9.17) is 4.74 Å². The van der Waals surface area contributed by atoms with Gasteiger partial charge in [-0.2, -0.15) is 0 Å². The summed E-state index contributed by atoms with van der Waals surface area (Å²) in [7, 11) is 0. The van der Waals surface area contributed by atoms with Gasteiger partial charge >= 0.3 is 5.82 Å². The molecular weight excluding hydrogens is 200 g/mol. The first-order chi connectivity index (χ1) is 7.25. The molecule has 2 rings (SSSR count). The number of nitro groups is 1. The van der Waals surface area contributed by atoms with Crippen molar-refractivity contribution in [1.29, 1.82) is 0 Å². The molecule has 1 aromatic rings. The minimum Gasteiger partial charge on any atom is -0.472 e. The first-order valence-electron chi connectivity index (χ1n) is 4.83. The Morgan fingerprint density at radius 1 is 1.53 bits per heavy atom. The van der Waals surface area contributed by atoms with Crippen molar-refractivity contribution in [3.8, 4) is 5.88 Å². The lowest BCUT2D eigenvalue weighted by molar-refractivity contribution is -0.389. The van der Waals surface area contributed by atoms with Gasteiger partial charge in [0.05, 0.1) is 6.07 Å². The third-order valence-corrected chi connectivity index (χ3v) is 2.31. The summed E-state index contributed by atoms with van der Waals surface area (Å²) in [6, 6.07) is 1.31. The molecule has 0 spiro atoms. The van der Waals surface area contributed by atoms with E-state index in [1.54, 1.807) is 0 Å². The number of aromatic amines is 1. The summed E-state index contributed by atoms with van der Waals surface area (Å²) < 4.78 is 5.50. The van der Waals surface area contributed by atoms with Gasteiger partial charge in [0, 0.05) is 0 Å². The largest absolute Gasteiger partial charge is 0.472 e. The number of hydrogen-bond donors (Lipinski definition) is 2. The maximum atomic E-state index is 10.4. The summed E-state index contributed by atoms with van der Waals surface area (Å²) in [5, 5.41) is 19.6. The second-order valence-electron chi connectivity index (χ2n) is 3.42. The van der Waals surface area contributed by atoms with Crippen LogP contribution in [-0.4, -0.2) is 34.3 Å². The summed E-state index contributed by atoms with van der Waals surface area (Å²) in [6.45, 7) is 1.83. The molecule has 0 radical (unpaired) electrons. The molecule has 0 aromatic carbocycles. The van der Waals surface area contributed by atoms with E-state index < -0.39 is 4.92 Å². The van der Waals surface area contributed by atoms with E-state index in [9.17, 15) is 10.1 Å². The van der Waals surface area contributed by atoms with Gasteiger partial charge in [0.1, 0.15) is 6.10 Å². The molecule has 7 heteroatoms. The predicted molar refractivity (Wildman–Crippen MR) is 51.8 cm³/mol. The van der Waals surface area contributed by atoms with Crippen LogP contribution in [0.5, 0.6) is 5.88 Å². The van der Waals surface area contributed by atoms with Crippen molar-refractivity contribution in [3.05, 3.63) is 16.2 Å². The third-order valence-electron chi connectivity index (χ3n) is 2.31. The van der Waals surface area contributed by atoms with Gasteiger partial charge < -0.3 is 20.2 Å². The molecule has 0 amide bonds. The summed E-state index contributed by atoms with van der Waals surface area (Å²) in [6.07, 6.45) is 1.91. The van der Waals surface area contributed by atoms with Gasteiger partial charge in [0.15, 0.2) is 0 Å². The first kappa shape index (κ1) is 9.91. The van der Waals surface area contributed by atoms with Gasteiger partial charge in [-0.3, -0.25) is 0 Å². The maximum Gasteiger partial charge on any atom is 0.346 e. The zero-order chi connectivity index (χ0) is 10.7.